The number of hydrogen-bond acceptors (Lipinski definition) is 5. The highest BCUT2D eigenvalue weighted by atomic mass is 35.5. The van der Waals surface area contributed by atoms with Crippen molar-refractivity contribution in [3.63, 3.8) is 0 Å². The molecule has 3 aromatic rings. The lowest BCUT2D eigenvalue weighted by atomic mass is 9.88. The first-order valence-corrected chi connectivity index (χ1v) is 10.6. The van der Waals surface area contributed by atoms with E-state index >= 15 is 0 Å². The number of carbonyl (C=O) groups excluding carboxylic acids is 2. The van der Waals surface area contributed by atoms with Crippen LogP contribution in [-0.4, -0.2) is 11.7 Å². The number of rotatable bonds is 3. The number of furan rings is 1. The molecule has 1 unspecified atom stereocenters. The van der Waals surface area contributed by atoms with Gasteiger partial charge in [-0.3, -0.25) is 14.5 Å². The van der Waals surface area contributed by atoms with E-state index in [2.05, 4.69) is 5.32 Å². The summed E-state index contributed by atoms with van der Waals surface area (Å²) in [5.41, 5.74) is 3.13. The number of nitrogens with one attached hydrogen (secondary N) is 1. The smallest absolute Gasteiger partial charge is 0.233 e. The summed E-state index contributed by atoms with van der Waals surface area (Å²) in [4.78, 5) is 29.4. The number of Topliss-reactive ketones (excluding diaryl/α,β-unsaturated/α-hetero) is 1. The molecule has 1 amide bonds. The maximum Gasteiger partial charge on any atom is 0.233 e. The van der Waals surface area contributed by atoms with Crippen molar-refractivity contribution in [2.45, 2.75) is 31.7 Å². The van der Waals surface area contributed by atoms with Crippen molar-refractivity contribution in [1.82, 2.24) is 0 Å². The molecule has 5 rings (SSSR count). The number of halogens is 1. The number of ketones is 1. The molecule has 1 N–H and O–H groups in total. The first-order valence-electron chi connectivity index (χ1n) is 9.72. The molecule has 2 aromatic heterocycles. The monoisotopic (exact) mass is 439 g/mol. The van der Waals surface area contributed by atoms with Crippen LogP contribution >= 0.6 is 11.3 Å². The molecule has 2 aliphatic rings. The van der Waals surface area contributed by atoms with Gasteiger partial charge < -0.3 is 22.1 Å². The third-order valence-electron chi connectivity index (χ3n) is 5.42. The molecule has 0 saturated carbocycles. The van der Waals surface area contributed by atoms with Gasteiger partial charge >= 0.3 is 0 Å². The van der Waals surface area contributed by atoms with E-state index in [9.17, 15) is 9.59 Å². The number of fused-ring (bicyclic) bond motifs is 1. The maximum absolute atomic E-state index is 13.6. The topological polar surface area (TPSA) is 62.6 Å². The molecule has 1 aliphatic heterocycles. The molecular formula is C23H20ClN2O3S-. The summed E-state index contributed by atoms with van der Waals surface area (Å²) in [5.74, 6) is 0.614. The molecule has 3 heterocycles. The average molecular weight is 440 g/mol. The number of benzene rings is 1. The number of amides is 1. The van der Waals surface area contributed by atoms with Gasteiger partial charge in [0.25, 0.3) is 0 Å². The molecule has 1 aliphatic carbocycles. The van der Waals surface area contributed by atoms with Crippen LogP contribution in [0.3, 0.4) is 0 Å². The molecule has 30 heavy (non-hydrogen) atoms. The molecule has 1 aromatic carbocycles. The van der Waals surface area contributed by atoms with E-state index in [4.69, 9.17) is 4.42 Å². The summed E-state index contributed by atoms with van der Waals surface area (Å²) in [6.07, 6.45) is 3.94. The second kappa shape index (κ2) is 8.50. The van der Waals surface area contributed by atoms with Gasteiger partial charge in [0, 0.05) is 22.6 Å². The number of nitrogens with zero attached hydrogens (tertiary/aromatic N) is 1. The quantitative estimate of drug-likeness (QED) is 0.679. The highest BCUT2D eigenvalue weighted by Gasteiger charge is 2.40. The van der Waals surface area contributed by atoms with Crippen LogP contribution in [0.4, 0.5) is 11.4 Å². The van der Waals surface area contributed by atoms with Crippen molar-refractivity contribution in [1.29, 1.82) is 0 Å². The summed E-state index contributed by atoms with van der Waals surface area (Å²) in [7, 11) is 0. The van der Waals surface area contributed by atoms with E-state index in [1.165, 1.54) is 0 Å². The second-order valence-electron chi connectivity index (χ2n) is 7.25. The predicted molar refractivity (Wildman–Crippen MR) is 113 cm³/mol. The fraction of sp³-hybridized carbons (Fsp3) is 0.217. The number of thiophene rings is 1. The van der Waals surface area contributed by atoms with Gasteiger partial charge in [-0.25, -0.2) is 0 Å². The maximum atomic E-state index is 13.6. The van der Waals surface area contributed by atoms with E-state index in [0.717, 1.165) is 34.8 Å². The van der Waals surface area contributed by atoms with Crippen LogP contribution in [-0.2, 0) is 16.0 Å². The molecule has 1 atom stereocenters. The molecule has 154 valence electrons. The molecule has 0 spiro atoms. The first-order chi connectivity index (χ1) is 14.2. The Morgan fingerprint density at radius 1 is 1.13 bits per heavy atom. The zero-order valence-corrected chi connectivity index (χ0v) is 17.7. The Morgan fingerprint density at radius 2 is 2.00 bits per heavy atom. The van der Waals surface area contributed by atoms with Gasteiger partial charge in [-0.1, -0.05) is 18.2 Å². The van der Waals surface area contributed by atoms with Crippen molar-refractivity contribution in [3.8, 4) is 0 Å². The highest BCUT2D eigenvalue weighted by molar-refractivity contribution is 7.10. The van der Waals surface area contributed by atoms with Crippen LogP contribution in [0.15, 0.2) is 75.9 Å². The van der Waals surface area contributed by atoms with Gasteiger partial charge in [-0.05, 0) is 48.6 Å². The van der Waals surface area contributed by atoms with E-state index in [1.807, 2.05) is 47.8 Å². The zero-order chi connectivity index (χ0) is 19.8. The van der Waals surface area contributed by atoms with Gasteiger partial charge in [0.15, 0.2) is 5.78 Å². The van der Waals surface area contributed by atoms with E-state index in [0.29, 0.717) is 17.8 Å². The average Bonchev–Trinajstić information content (AvgIpc) is 3.40. The molecule has 0 saturated heterocycles. The summed E-state index contributed by atoms with van der Waals surface area (Å²) >= 11 is 1.56. The summed E-state index contributed by atoms with van der Waals surface area (Å²) in [6, 6.07) is 14.7. The predicted octanol–water partition coefficient (Wildman–Crippen LogP) is 2.09. The number of hydrogen-bond donors (Lipinski definition) is 1. The molecule has 0 bridgehead atoms. The fourth-order valence-electron chi connectivity index (χ4n) is 4.17. The Hall–Kier alpha value is -2.83. The van der Waals surface area contributed by atoms with Crippen LogP contribution in [0.25, 0.3) is 0 Å². The lowest BCUT2D eigenvalue weighted by molar-refractivity contribution is -0.118. The Bertz CT molecular complexity index is 1090. The van der Waals surface area contributed by atoms with Crippen molar-refractivity contribution in [2.75, 3.05) is 10.2 Å². The number of allylic oxidation sites excluding steroid dienone is 1. The van der Waals surface area contributed by atoms with Crippen LogP contribution in [0.1, 0.15) is 35.9 Å². The van der Waals surface area contributed by atoms with Gasteiger partial charge in [-0.15, -0.1) is 11.3 Å². The molecular weight excluding hydrogens is 420 g/mol. The summed E-state index contributed by atoms with van der Waals surface area (Å²) in [5, 5.41) is 5.42. The number of carbonyl (C=O) groups is 2. The minimum absolute atomic E-state index is 0. The Labute approximate surface area is 184 Å². The van der Waals surface area contributed by atoms with E-state index < -0.39 is 6.04 Å². The van der Waals surface area contributed by atoms with Gasteiger partial charge in [-0.2, -0.15) is 0 Å². The second-order valence-corrected chi connectivity index (χ2v) is 8.28. The van der Waals surface area contributed by atoms with Crippen molar-refractivity contribution < 1.29 is 26.4 Å². The minimum atomic E-state index is -0.573. The minimum Gasteiger partial charge on any atom is -1.00 e. The molecule has 5 nitrogen and oxygen atoms in total. The Kier molecular flexibility index (Phi) is 5.79. The standard InChI is InChI=1S/C23H20N2O3S.ClH/c26-19-10-3-8-17-22(19)23(20-11-4-12-28-20)25(18-9-2-1-7-16(18)24-17)21(27)14-15-6-5-13-29-15;/h1-2,4-7,9,11-13,23-24H,3,8,10,14H2;1H/p-1. The lowest BCUT2D eigenvalue weighted by Crippen LogP contribution is -3.00. The Balaban J connectivity index is 0.00000218. The number of para-hydroxylation sites is 2. The molecule has 7 heteroatoms. The van der Waals surface area contributed by atoms with E-state index in [-0.39, 0.29) is 30.5 Å². The van der Waals surface area contributed by atoms with Crippen LogP contribution < -0.4 is 22.6 Å². The first kappa shape index (κ1) is 20.4. The Morgan fingerprint density at radius 3 is 2.77 bits per heavy atom. The fourth-order valence-corrected chi connectivity index (χ4v) is 4.87. The molecule has 0 radical (unpaired) electrons. The third-order valence-corrected chi connectivity index (χ3v) is 6.30. The highest BCUT2D eigenvalue weighted by Crippen LogP contribution is 2.45. The van der Waals surface area contributed by atoms with Crippen molar-refractivity contribution >= 4 is 34.4 Å². The van der Waals surface area contributed by atoms with Crippen LogP contribution in [0.2, 0.25) is 0 Å². The summed E-state index contributed by atoms with van der Waals surface area (Å²) < 4.78 is 5.75. The van der Waals surface area contributed by atoms with Crippen molar-refractivity contribution in [3.05, 3.63) is 82.1 Å². The van der Waals surface area contributed by atoms with E-state index in [1.54, 1.807) is 28.6 Å². The third kappa shape index (κ3) is 3.57. The van der Waals surface area contributed by atoms with Crippen LogP contribution in [0, 0.1) is 0 Å². The van der Waals surface area contributed by atoms with Crippen molar-refractivity contribution in [2.24, 2.45) is 0 Å². The largest absolute Gasteiger partial charge is 1.00 e. The van der Waals surface area contributed by atoms with Crippen LogP contribution in [0.5, 0.6) is 0 Å². The normalized spacial score (nSPS) is 18.1. The molecule has 0 fully saturated rings. The lowest BCUT2D eigenvalue weighted by Gasteiger charge is -2.32. The van der Waals surface area contributed by atoms with Gasteiger partial charge in [0.05, 0.1) is 24.1 Å². The van der Waals surface area contributed by atoms with Gasteiger partial charge in [0.2, 0.25) is 5.91 Å². The SMILES string of the molecule is O=C1CCCC2=C1C(c1ccco1)N(C(=O)Cc1cccs1)c1ccccc1N2.[Cl-]. The van der Waals surface area contributed by atoms with Gasteiger partial charge in [0.1, 0.15) is 11.8 Å². The summed E-state index contributed by atoms with van der Waals surface area (Å²) in [6.45, 7) is 0. The zero-order valence-electron chi connectivity index (χ0n) is 16.1. The number of anilines is 2.